The average molecular weight is 465 g/mol. The number of nitrogens with one attached hydrogen (secondary N) is 2. The summed E-state index contributed by atoms with van der Waals surface area (Å²) in [6.45, 7) is 0.328. The second kappa shape index (κ2) is 8.83. The van der Waals surface area contributed by atoms with Crippen LogP contribution in [0.15, 0.2) is 63.7 Å². The number of benzene rings is 1. The fraction of sp³-hybridized carbons (Fsp3) is 0.174. The van der Waals surface area contributed by atoms with Gasteiger partial charge in [0.15, 0.2) is 0 Å². The smallest absolute Gasteiger partial charge is 0.332 e. The van der Waals surface area contributed by atoms with Gasteiger partial charge in [-0.15, -0.1) is 11.3 Å². The maximum Gasteiger partial charge on any atom is 0.332 e. The molecule has 2 heterocycles. The van der Waals surface area contributed by atoms with Crippen LogP contribution in [0.2, 0.25) is 0 Å². The molecule has 9 nitrogen and oxygen atoms in total. The van der Waals surface area contributed by atoms with E-state index >= 15 is 0 Å². The SMILES string of the molecule is COc1ccc(CNC(=O)c2cc3c(=O)n(CC4=CC(=[NH2+])C(=N)C=C4)c(=O)n(C)c3s2)cc1. The number of rotatable bonds is 6. The molecule has 0 bridgehead atoms. The quantitative estimate of drug-likeness (QED) is 0.456. The molecule has 10 heteroatoms. The van der Waals surface area contributed by atoms with E-state index in [-0.39, 0.29) is 23.9 Å². The van der Waals surface area contributed by atoms with E-state index in [0.29, 0.717) is 27.2 Å². The molecule has 0 saturated heterocycles. The van der Waals surface area contributed by atoms with E-state index in [1.54, 1.807) is 26.3 Å². The lowest BCUT2D eigenvalue weighted by Crippen LogP contribution is -2.44. The van der Waals surface area contributed by atoms with Crippen molar-refractivity contribution in [2.24, 2.45) is 7.05 Å². The van der Waals surface area contributed by atoms with E-state index < -0.39 is 11.2 Å². The second-order valence-corrected chi connectivity index (χ2v) is 8.55. The number of nitrogens with two attached hydrogens (primary N) is 1. The minimum Gasteiger partial charge on any atom is -0.497 e. The molecule has 2 aromatic heterocycles. The summed E-state index contributed by atoms with van der Waals surface area (Å²) in [5.74, 6) is 0.398. The molecule has 1 aliphatic carbocycles. The molecule has 4 rings (SSSR count). The number of nitrogens with zero attached hydrogens (tertiary/aromatic N) is 2. The first-order valence-corrected chi connectivity index (χ1v) is 10.8. The number of thiophene rings is 1. The molecule has 0 radical (unpaired) electrons. The van der Waals surface area contributed by atoms with E-state index in [0.717, 1.165) is 27.2 Å². The minimum absolute atomic E-state index is 0.0147. The average Bonchev–Trinajstić information content (AvgIpc) is 3.27. The fourth-order valence-corrected chi connectivity index (χ4v) is 4.46. The number of ether oxygens (including phenoxy) is 1. The zero-order chi connectivity index (χ0) is 23.7. The first kappa shape index (κ1) is 22.2. The lowest BCUT2D eigenvalue weighted by molar-refractivity contribution is -0.108. The summed E-state index contributed by atoms with van der Waals surface area (Å²) in [7, 11) is 3.15. The van der Waals surface area contributed by atoms with Gasteiger partial charge in [-0.1, -0.05) is 18.2 Å². The van der Waals surface area contributed by atoms with Gasteiger partial charge in [-0.05, 0) is 35.4 Å². The number of allylic oxidation sites excluding steroid dienone is 4. The van der Waals surface area contributed by atoms with Gasteiger partial charge in [-0.2, -0.15) is 0 Å². The highest BCUT2D eigenvalue weighted by molar-refractivity contribution is 7.20. The summed E-state index contributed by atoms with van der Waals surface area (Å²) < 4.78 is 7.60. The molecular weight excluding hydrogens is 442 g/mol. The Kier molecular flexibility index (Phi) is 5.93. The molecular formula is C23H22N5O4S+. The first-order valence-electron chi connectivity index (χ1n) is 10.0. The summed E-state index contributed by atoms with van der Waals surface area (Å²) in [6, 6.07) is 8.84. The molecule has 4 N–H and O–H groups in total. The van der Waals surface area contributed by atoms with Gasteiger partial charge in [0.25, 0.3) is 11.5 Å². The number of hydrogen-bond acceptors (Lipinski definition) is 6. The molecule has 1 aliphatic rings. The zero-order valence-corrected chi connectivity index (χ0v) is 18.9. The van der Waals surface area contributed by atoms with Crippen molar-refractivity contribution in [3.05, 3.63) is 85.4 Å². The topological polar surface area (TPSA) is 132 Å². The van der Waals surface area contributed by atoms with Crippen LogP contribution in [0.3, 0.4) is 0 Å². The number of amides is 1. The molecule has 0 unspecified atom stereocenters. The lowest BCUT2D eigenvalue weighted by Gasteiger charge is -2.10. The molecule has 168 valence electrons. The Morgan fingerprint density at radius 2 is 1.94 bits per heavy atom. The maximum atomic E-state index is 13.1. The van der Waals surface area contributed by atoms with Crippen molar-refractivity contribution < 1.29 is 14.9 Å². The van der Waals surface area contributed by atoms with Crippen LogP contribution >= 0.6 is 11.3 Å². The van der Waals surface area contributed by atoms with E-state index in [1.807, 2.05) is 24.3 Å². The van der Waals surface area contributed by atoms with Crippen LogP contribution in [-0.2, 0) is 20.1 Å². The van der Waals surface area contributed by atoms with E-state index in [4.69, 9.17) is 15.6 Å². The van der Waals surface area contributed by atoms with Crippen LogP contribution in [0.4, 0.5) is 0 Å². The van der Waals surface area contributed by atoms with Gasteiger partial charge in [0.05, 0.1) is 23.9 Å². The van der Waals surface area contributed by atoms with Crippen molar-refractivity contribution in [2.45, 2.75) is 13.1 Å². The third kappa shape index (κ3) is 4.33. The fourth-order valence-electron chi connectivity index (χ4n) is 3.44. The van der Waals surface area contributed by atoms with Gasteiger partial charge in [0.1, 0.15) is 16.3 Å². The summed E-state index contributed by atoms with van der Waals surface area (Å²) in [4.78, 5) is 39.4. The van der Waals surface area contributed by atoms with Crippen molar-refractivity contribution in [2.75, 3.05) is 7.11 Å². The van der Waals surface area contributed by atoms with Crippen LogP contribution in [0, 0.1) is 5.41 Å². The van der Waals surface area contributed by atoms with Gasteiger partial charge in [0.2, 0.25) is 5.71 Å². The minimum atomic E-state index is -0.493. The van der Waals surface area contributed by atoms with Crippen molar-refractivity contribution in [3.8, 4) is 5.75 Å². The number of methoxy groups -OCH3 is 1. The van der Waals surface area contributed by atoms with Crippen LogP contribution in [0.5, 0.6) is 5.75 Å². The lowest BCUT2D eigenvalue weighted by atomic mass is 10.0. The number of carbonyl (C=O) groups is 1. The Bertz CT molecular complexity index is 1470. The molecule has 0 saturated carbocycles. The van der Waals surface area contributed by atoms with Crippen molar-refractivity contribution in [1.29, 1.82) is 5.41 Å². The van der Waals surface area contributed by atoms with Crippen LogP contribution in [0.1, 0.15) is 15.2 Å². The Morgan fingerprint density at radius 1 is 1.21 bits per heavy atom. The normalized spacial score (nSPS) is 13.3. The number of hydrogen-bond donors (Lipinski definition) is 3. The first-order chi connectivity index (χ1) is 15.8. The zero-order valence-electron chi connectivity index (χ0n) is 18.0. The van der Waals surface area contributed by atoms with Crippen molar-refractivity contribution in [3.63, 3.8) is 0 Å². The Balaban J connectivity index is 1.61. The molecule has 33 heavy (non-hydrogen) atoms. The Labute approximate surface area is 192 Å². The second-order valence-electron chi connectivity index (χ2n) is 7.51. The predicted molar refractivity (Wildman–Crippen MR) is 127 cm³/mol. The summed E-state index contributed by atoms with van der Waals surface area (Å²) in [6.07, 6.45) is 4.75. The van der Waals surface area contributed by atoms with Gasteiger partial charge >= 0.3 is 5.69 Å². The van der Waals surface area contributed by atoms with Crippen LogP contribution < -0.4 is 26.7 Å². The van der Waals surface area contributed by atoms with Crippen LogP contribution in [-0.4, -0.2) is 33.6 Å². The van der Waals surface area contributed by atoms with Crippen LogP contribution in [0.25, 0.3) is 10.2 Å². The largest absolute Gasteiger partial charge is 0.497 e. The standard InChI is InChI=1S/C23H21N5O4S/c1-27-22-16(21(30)28(23(27)31)12-14-5-8-17(24)18(25)9-14)10-19(33-22)20(29)26-11-13-3-6-15(32-2)7-4-13/h3-10,24-25H,11-12H2,1-2H3,(H,26,29)/p+1. The molecule has 0 aliphatic heterocycles. The highest BCUT2D eigenvalue weighted by atomic mass is 32.1. The summed E-state index contributed by atoms with van der Waals surface area (Å²) >= 11 is 1.09. The summed E-state index contributed by atoms with van der Waals surface area (Å²) in [5, 5.41) is 16.6. The highest BCUT2D eigenvalue weighted by Gasteiger charge is 2.19. The van der Waals surface area contributed by atoms with Gasteiger partial charge < -0.3 is 10.1 Å². The van der Waals surface area contributed by atoms with E-state index in [2.05, 4.69) is 5.32 Å². The number of carbonyl (C=O) groups excluding carboxylic acids is 1. The molecule has 0 spiro atoms. The maximum absolute atomic E-state index is 13.1. The summed E-state index contributed by atoms with van der Waals surface area (Å²) in [5.41, 5.74) is 1.01. The van der Waals surface area contributed by atoms with Crippen molar-refractivity contribution in [1.82, 2.24) is 14.5 Å². The molecule has 1 amide bonds. The number of aromatic nitrogens is 2. The van der Waals surface area contributed by atoms with E-state index in [9.17, 15) is 14.4 Å². The molecule has 0 atom stereocenters. The highest BCUT2D eigenvalue weighted by Crippen LogP contribution is 2.22. The van der Waals surface area contributed by atoms with Crippen molar-refractivity contribution >= 4 is 38.9 Å². The van der Waals surface area contributed by atoms with Gasteiger partial charge in [-0.3, -0.25) is 29.5 Å². The Hall–Kier alpha value is -4.05. The van der Waals surface area contributed by atoms with E-state index in [1.165, 1.54) is 16.7 Å². The monoisotopic (exact) mass is 464 g/mol. The predicted octanol–water partition coefficient (Wildman–Crippen LogP) is 0.416. The third-order valence-corrected chi connectivity index (χ3v) is 6.51. The van der Waals surface area contributed by atoms with Gasteiger partial charge in [0, 0.05) is 19.7 Å². The molecule has 3 aromatic rings. The number of fused-ring (bicyclic) bond motifs is 1. The Morgan fingerprint density at radius 3 is 2.61 bits per heavy atom. The molecule has 0 fully saturated rings. The molecule has 1 aromatic carbocycles. The van der Waals surface area contributed by atoms with Gasteiger partial charge in [-0.25, -0.2) is 4.79 Å². The third-order valence-electron chi connectivity index (χ3n) is 5.30. The number of aryl methyl sites for hydroxylation is 1.